The van der Waals surface area contributed by atoms with Crippen molar-refractivity contribution in [2.75, 3.05) is 13.7 Å². The van der Waals surface area contributed by atoms with Gasteiger partial charge in [0.2, 0.25) is 0 Å². The van der Waals surface area contributed by atoms with Gasteiger partial charge in [-0.15, -0.1) is 0 Å². The van der Waals surface area contributed by atoms with Crippen LogP contribution in [0.5, 0.6) is 0 Å². The summed E-state index contributed by atoms with van der Waals surface area (Å²) in [5.41, 5.74) is 5.57. The van der Waals surface area contributed by atoms with E-state index in [9.17, 15) is 0 Å². The van der Waals surface area contributed by atoms with Crippen molar-refractivity contribution >= 4 is 0 Å². The van der Waals surface area contributed by atoms with Crippen LogP contribution in [0, 0.1) is 0 Å². The molecule has 0 saturated carbocycles. The molecule has 60 valence electrons. The number of ether oxygens (including phenoxy) is 2. The standard InChI is InChI=1S/C6H13NO3/c1-9-6-5(7)2-4(8)3-10-6/h4-6,8H,2-3,7H2,1H3/t4-,5-,6+/m0/s1. The van der Waals surface area contributed by atoms with Crippen molar-refractivity contribution < 1.29 is 14.6 Å². The van der Waals surface area contributed by atoms with E-state index >= 15 is 0 Å². The summed E-state index contributed by atoms with van der Waals surface area (Å²) in [6.45, 7) is 0.326. The van der Waals surface area contributed by atoms with Crippen LogP contribution in [0.25, 0.3) is 0 Å². The summed E-state index contributed by atoms with van der Waals surface area (Å²) in [7, 11) is 1.54. The molecule has 0 spiro atoms. The third-order valence-corrected chi connectivity index (χ3v) is 1.58. The van der Waals surface area contributed by atoms with Gasteiger partial charge in [-0.1, -0.05) is 0 Å². The second-order valence-corrected chi connectivity index (χ2v) is 2.49. The Labute approximate surface area is 59.9 Å². The second-order valence-electron chi connectivity index (χ2n) is 2.49. The van der Waals surface area contributed by atoms with Crippen molar-refractivity contribution in [1.29, 1.82) is 0 Å². The van der Waals surface area contributed by atoms with Crippen molar-refractivity contribution in [3.63, 3.8) is 0 Å². The summed E-state index contributed by atoms with van der Waals surface area (Å²) in [5, 5.41) is 9.03. The lowest BCUT2D eigenvalue weighted by molar-refractivity contribution is -0.182. The molecule has 0 aliphatic carbocycles. The predicted molar refractivity (Wildman–Crippen MR) is 35.3 cm³/mol. The molecule has 0 radical (unpaired) electrons. The topological polar surface area (TPSA) is 64.7 Å². The highest BCUT2D eigenvalue weighted by Gasteiger charge is 2.26. The summed E-state index contributed by atoms with van der Waals surface area (Å²) in [4.78, 5) is 0. The first-order chi connectivity index (χ1) is 4.74. The Balaban J connectivity index is 2.36. The van der Waals surface area contributed by atoms with Gasteiger partial charge in [0.25, 0.3) is 0 Å². The van der Waals surface area contributed by atoms with Crippen LogP contribution >= 0.6 is 0 Å². The van der Waals surface area contributed by atoms with Gasteiger partial charge in [0.1, 0.15) is 0 Å². The van der Waals surface area contributed by atoms with E-state index in [4.69, 9.17) is 20.3 Å². The molecule has 0 bridgehead atoms. The van der Waals surface area contributed by atoms with Crippen LogP contribution < -0.4 is 5.73 Å². The molecule has 0 amide bonds. The van der Waals surface area contributed by atoms with Crippen LogP contribution in [0.2, 0.25) is 0 Å². The van der Waals surface area contributed by atoms with Gasteiger partial charge >= 0.3 is 0 Å². The van der Waals surface area contributed by atoms with Crippen molar-refractivity contribution in [3.8, 4) is 0 Å². The minimum atomic E-state index is -0.429. The van der Waals surface area contributed by atoms with Gasteiger partial charge in [-0.05, 0) is 6.42 Å². The van der Waals surface area contributed by atoms with E-state index in [2.05, 4.69) is 0 Å². The molecule has 1 fully saturated rings. The number of hydrogen-bond acceptors (Lipinski definition) is 4. The maximum atomic E-state index is 9.03. The zero-order valence-corrected chi connectivity index (χ0v) is 5.99. The third-order valence-electron chi connectivity index (χ3n) is 1.58. The Hall–Kier alpha value is -0.160. The minimum Gasteiger partial charge on any atom is -0.391 e. The maximum absolute atomic E-state index is 9.03. The van der Waals surface area contributed by atoms with Crippen LogP contribution in [-0.4, -0.2) is 37.3 Å². The van der Waals surface area contributed by atoms with Crippen LogP contribution in [0.3, 0.4) is 0 Å². The van der Waals surface area contributed by atoms with Crippen molar-refractivity contribution in [2.24, 2.45) is 5.73 Å². The van der Waals surface area contributed by atoms with E-state index in [1.54, 1.807) is 7.11 Å². The molecular formula is C6H13NO3. The zero-order valence-electron chi connectivity index (χ0n) is 5.99. The first kappa shape index (κ1) is 7.94. The quantitative estimate of drug-likeness (QED) is 0.503. The molecule has 0 aromatic carbocycles. The largest absolute Gasteiger partial charge is 0.391 e. The van der Waals surface area contributed by atoms with Gasteiger partial charge in [-0.2, -0.15) is 0 Å². The third kappa shape index (κ3) is 1.67. The van der Waals surface area contributed by atoms with E-state index in [1.165, 1.54) is 0 Å². The highest BCUT2D eigenvalue weighted by molar-refractivity contribution is 4.75. The number of hydrogen-bond donors (Lipinski definition) is 2. The van der Waals surface area contributed by atoms with E-state index < -0.39 is 6.10 Å². The lowest BCUT2D eigenvalue weighted by Gasteiger charge is -2.30. The molecule has 10 heavy (non-hydrogen) atoms. The van der Waals surface area contributed by atoms with Crippen molar-refractivity contribution in [2.45, 2.75) is 24.9 Å². The number of nitrogens with two attached hydrogens (primary N) is 1. The van der Waals surface area contributed by atoms with Crippen LogP contribution in [-0.2, 0) is 9.47 Å². The lowest BCUT2D eigenvalue weighted by atomic mass is 10.1. The normalized spacial score (nSPS) is 41.7. The van der Waals surface area contributed by atoms with Crippen molar-refractivity contribution in [3.05, 3.63) is 0 Å². The smallest absolute Gasteiger partial charge is 0.172 e. The molecule has 1 aliphatic heterocycles. The Kier molecular flexibility index (Phi) is 2.62. The van der Waals surface area contributed by atoms with Gasteiger partial charge in [0.05, 0.1) is 18.8 Å². The molecule has 3 atom stereocenters. The molecule has 0 aromatic rings. The Morgan fingerprint density at radius 1 is 1.70 bits per heavy atom. The Morgan fingerprint density at radius 2 is 2.40 bits per heavy atom. The average Bonchev–Trinajstić information content (AvgIpc) is 1.88. The second kappa shape index (κ2) is 3.30. The van der Waals surface area contributed by atoms with Gasteiger partial charge in [-0.25, -0.2) is 0 Å². The van der Waals surface area contributed by atoms with E-state index in [0.29, 0.717) is 13.0 Å². The number of rotatable bonds is 1. The number of aliphatic hydroxyl groups excluding tert-OH is 1. The zero-order chi connectivity index (χ0) is 7.56. The molecular weight excluding hydrogens is 134 g/mol. The highest BCUT2D eigenvalue weighted by atomic mass is 16.7. The highest BCUT2D eigenvalue weighted by Crippen LogP contribution is 2.12. The fraction of sp³-hybridized carbons (Fsp3) is 1.00. The van der Waals surface area contributed by atoms with E-state index in [0.717, 1.165) is 0 Å². The van der Waals surface area contributed by atoms with Gasteiger partial charge in [0, 0.05) is 7.11 Å². The SMILES string of the molecule is CO[C@@H]1OC[C@@H](O)C[C@@H]1N. The van der Waals surface area contributed by atoms with Crippen LogP contribution in [0.15, 0.2) is 0 Å². The molecule has 1 saturated heterocycles. The summed E-state index contributed by atoms with van der Waals surface area (Å²) in [5.74, 6) is 0. The van der Waals surface area contributed by atoms with Crippen LogP contribution in [0.4, 0.5) is 0 Å². The maximum Gasteiger partial charge on any atom is 0.172 e. The summed E-state index contributed by atoms with van der Waals surface area (Å²) >= 11 is 0. The van der Waals surface area contributed by atoms with Crippen molar-refractivity contribution in [1.82, 2.24) is 0 Å². The number of aliphatic hydroxyl groups is 1. The lowest BCUT2D eigenvalue weighted by Crippen LogP contribution is -2.47. The molecule has 1 aliphatic rings. The average molecular weight is 147 g/mol. The molecule has 4 heteroatoms. The Bertz CT molecular complexity index is 109. The summed E-state index contributed by atoms with van der Waals surface area (Å²) in [6, 6.07) is -0.200. The Morgan fingerprint density at radius 3 is 2.90 bits per heavy atom. The molecule has 1 rings (SSSR count). The molecule has 0 aromatic heterocycles. The minimum absolute atomic E-state index is 0.200. The molecule has 0 unspecified atom stereocenters. The molecule has 3 N–H and O–H groups in total. The predicted octanol–water partition coefficient (Wildman–Crippen LogP) is -0.933. The fourth-order valence-corrected chi connectivity index (χ4v) is 1.07. The number of methoxy groups -OCH3 is 1. The van der Waals surface area contributed by atoms with E-state index in [-0.39, 0.29) is 12.3 Å². The van der Waals surface area contributed by atoms with E-state index in [1.807, 2.05) is 0 Å². The van der Waals surface area contributed by atoms with Gasteiger partial charge < -0.3 is 20.3 Å². The molecule has 4 nitrogen and oxygen atoms in total. The van der Waals surface area contributed by atoms with Crippen LogP contribution in [0.1, 0.15) is 6.42 Å². The first-order valence-corrected chi connectivity index (χ1v) is 3.32. The summed E-state index contributed by atoms with van der Waals surface area (Å²) in [6.07, 6.45) is -0.219. The first-order valence-electron chi connectivity index (χ1n) is 3.32. The summed E-state index contributed by atoms with van der Waals surface area (Å²) < 4.78 is 9.95. The van der Waals surface area contributed by atoms with Gasteiger partial charge in [0.15, 0.2) is 6.29 Å². The fourth-order valence-electron chi connectivity index (χ4n) is 1.07. The monoisotopic (exact) mass is 147 g/mol. The van der Waals surface area contributed by atoms with Gasteiger partial charge in [-0.3, -0.25) is 0 Å². The molecule has 1 heterocycles.